The van der Waals surface area contributed by atoms with Crippen molar-refractivity contribution in [1.29, 1.82) is 0 Å². The van der Waals surface area contributed by atoms with E-state index in [0.717, 1.165) is 22.6 Å². The Morgan fingerprint density at radius 2 is 1.82 bits per heavy atom. The number of aliphatic imine (C=N–C) groups is 1. The van der Waals surface area contributed by atoms with Crippen molar-refractivity contribution in [2.45, 2.75) is 24.1 Å². The number of hydrazone groups is 1. The normalized spacial score (nSPS) is 18.7. The predicted octanol–water partition coefficient (Wildman–Crippen LogP) is 5.54. The number of halogens is 1. The molecular weight excluding hydrogens is 524 g/mol. The summed E-state index contributed by atoms with van der Waals surface area (Å²) in [5.74, 6) is 0.748. The maximum absolute atomic E-state index is 12.8. The molecule has 0 bridgehead atoms. The van der Waals surface area contributed by atoms with Crippen molar-refractivity contribution in [2.24, 2.45) is 10.1 Å². The summed E-state index contributed by atoms with van der Waals surface area (Å²) in [6.07, 6.45) is 0.583. The number of nitrogens with zero attached hydrogens (tertiary/aromatic N) is 3. The van der Waals surface area contributed by atoms with Gasteiger partial charge in [0, 0.05) is 29.6 Å². The molecule has 0 aromatic heterocycles. The summed E-state index contributed by atoms with van der Waals surface area (Å²) in [7, 11) is 3.18. The lowest BCUT2D eigenvalue weighted by Gasteiger charge is -2.23. The number of amides is 2. The van der Waals surface area contributed by atoms with Crippen molar-refractivity contribution in [3.05, 3.63) is 88.9 Å². The Bertz CT molecular complexity index is 1430. The third-order valence-electron chi connectivity index (χ3n) is 6.22. The zero-order valence-electron chi connectivity index (χ0n) is 20.8. The number of thioether (sulfide) groups is 1. The summed E-state index contributed by atoms with van der Waals surface area (Å²) in [5.41, 5.74) is 3.36. The molecule has 0 saturated carbocycles. The molecule has 8 nitrogen and oxygen atoms in total. The summed E-state index contributed by atoms with van der Waals surface area (Å²) in [6, 6.07) is 22.1. The van der Waals surface area contributed by atoms with E-state index in [0.29, 0.717) is 28.0 Å². The number of hydrogen-bond acceptors (Lipinski definition) is 7. The monoisotopic (exact) mass is 548 g/mol. The number of carbonyl (C=O) groups is 2. The molecule has 0 unspecified atom stereocenters. The van der Waals surface area contributed by atoms with E-state index >= 15 is 0 Å². The van der Waals surface area contributed by atoms with Gasteiger partial charge in [-0.1, -0.05) is 41.6 Å². The maximum atomic E-state index is 12.8. The molecule has 0 fully saturated rings. The Morgan fingerprint density at radius 3 is 2.55 bits per heavy atom. The second-order valence-electron chi connectivity index (χ2n) is 8.72. The van der Waals surface area contributed by atoms with Gasteiger partial charge in [0.05, 0.1) is 26.0 Å². The van der Waals surface area contributed by atoms with Crippen LogP contribution in [-0.4, -0.2) is 47.2 Å². The number of benzene rings is 3. The quantitative estimate of drug-likeness (QED) is 0.417. The molecule has 0 saturated heterocycles. The van der Waals surface area contributed by atoms with Gasteiger partial charge in [-0.3, -0.25) is 9.59 Å². The molecule has 0 spiro atoms. The number of hydrogen-bond donors (Lipinski definition) is 1. The highest BCUT2D eigenvalue weighted by molar-refractivity contribution is 8.15. The fourth-order valence-electron chi connectivity index (χ4n) is 4.30. The van der Waals surface area contributed by atoms with Gasteiger partial charge in [-0.15, -0.1) is 0 Å². The Balaban J connectivity index is 1.34. The van der Waals surface area contributed by atoms with Gasteiger partial charge in [-0.2, -0.15) is 10.1 Å². The van der Waals surface area contributed by atoms with Gasteiger partial charge in [0.25, 0.3) is 5.91 Å². The van der Waals surface area contributed by atoms with Gasteiger partial charge in [0.1, 0.15) is 16.7 Å². The fourth-order valence-corrected chi connectivity index (χ4v) is 5.56. The number of ether oxygens (including phenoxy) is 2. The first-order valence-electron chi connectivity index (χ1n) is 11.9. The molecule has 2 aliphatic heterocycles. The molecule has 5 rings (SSSR count). The molecule has 2 amide bonds. The van der Waals surface area contributed by atoms with Gasteiger partial charge >= 0.3 is 0 Å². The molecular formula is C28H25ClN4O4S. The van der Waals surface area contributed by atoms with E-state index < -0.39 is 5.25 Å². The van der Waals surface area contributed by atoms with Crippen LogP contribution in [0.15, 0.2) is 82.9 Å². The molecule has 3 aromatic carbocycles. The summed E-state index contributed by atoms with van der Waals surface area (Å²) in [5, 5.41) is 9.90. The van der Waals surface area contributed by atoms with Crippen LogP contribution in [0.25, 0.3) is 0 Å². The van der Waals surface area contributed by atoms with E-state index in [9.17, 15) is 9.59 Å². The Hall–Kier alpha value is -3.82. The minimum atomic E-state index is -0.643. The van der Waals surface area contributed by atoms with Crippen LogP contribution < -0.4 is 14.8 Å². The van der Waals surface area contributed by atoms with Gasteiger partial charge in [0.15, 0.2) is 5.17 Å². The van der Waals surface area contributed by atoms with Crippen LogP contribution in [0.4, 0.5) is 5.69 Å². The van der Waals surface area contributed by atoms with E-state index in [1.807, 2.05) is 48.5 Å². The zero-order chi connectivity index (χ0) is 26.6. The van der Waals surface area contributed by atoms with Crippen LogP contribution in [0.1, 0.15) is 30.0 Å². The lowest BCUT2D eigenvalue weighted by molar-refractivity contribution is -0.121. The van der Waals surface area contributed by atoms with Crippen molar-refractivity contribution >= 4 is 51.7 Å². The van der Waals surface area contributed by atoms with Crippen molar-refractivity contribution in [3.63, 3.8) is 0 Å². The summed E-state index contributed by atoms with van der Waals surface area (Å²) in [4.78, 5) is 29.9. The third kappa shape index (κ3) is 5.69. The third-order valence-corrected chi connectivity index (χ3v) is 7.59. The number of methoxy groups -OCH3 is 2. The van der Waals surface area contributed by atoms with Crippen LogP contribution >= 0.6 is 23.4 Å². The van der Waals surface area contributed by atoms with E-state index in [4.69, 9.17) is 26.2 Å². The molecule has 2 aliphatic rings. The molecule has 194 valence electrons. The number of carbonyl (C=O) groups excluding carboxylic acids is 2. The largest absolute Gasteiger partial charge is 0.497 e. The molecule has 10 heteroatoms. The highest BCUT2D eigenvalue weighted by Crippen LogP contribution is 2.39. The van der Waals surface area contributed by atoms with Crippen LogP contribution in [0.3, 0.4) is 0 Å². The summed E-state index contributed by atoms with van der Waals surface area (Å²) < 4.78 is 10.5. The van der Waals surface area contributed by atoms with E-state index in [-0.39, 0.29) is 24.3 Å². The van der Waals surface area contributed by atoms with Crippen molar-refractivity contribution in [1.82, 2.24) is 5.01 Å². The number of amidine groups is 1. The van der Waals surface area contributed by atoms with Crippen LogP contribution in [-0.2, 0) is 9.59 Å². The number of anilines is 1. The van der Waals surface area contributed by atoms with Gasteiger partial charge < -0.3 is 14.8 Å². The fraction of sp³-hybridized carbons (Fsp3) is 0.214. The predicted molar refractivity (Wildman–Crippen MR) is 150 cm³/mol. The summed E-state index contributed by atoms with van der Waals surface area (Å²) >= 11 is 7.54. The minimum absolute atomic E-state index is 0.0154. The molecule has 0 aliphatic carbocycles. The van der Waals surface area contributed by atoms with Gasteiger partial charge in [0.2, 0.25) is 5.91 Å². The zero-order valence-corrected chi connectivity index (χ0v) is 22.3. The average molecular weight is 549 g/mol. The first kappa shape index (κ1) is 25.8. The molecule has 2 atom stereocenters. The van der Waals surface area contributed by atoms with Crippen molar-refractivity contribution in [2.75, 3.05) is 19.5 Å². The highest BCUT2D eigenvalue weighted by atomic mass is 35.5. The van der Waals surface area contributed by atoms with E-state index in [1.54, 1.807) is 43.5 Å². The van der Waals surface area contributed by atoms with Crippen LogP contribution in [0.5, 0.6) is 11.5 Å². The lowest BCUT2D eigenvalue weighted by atomic mass is 9.98. The van der Waals surface area contributed by atoms with E-state index in [1.165, 1.54) is 11.8 Å². The Kier molecular flexibility index (Phi) is 7.67. The van der Waals surface area contributed by atoms with Gasteiger partial charge in [-0.05, 0) is 59.7 Å². The SMILES string of the molecule is COc1ccc(C2=NN(C3=NC(=O)[C@@H](CC(=O)Nc4cccc(OC)c4)S3)[C@@H](c3cccc(Cl)c3)C2)cc1. The first-order chi connectivity index (χ1) is 18.4. The Labute approximate surface area is 229 Å². The second kappa shape index (κ2) is 11.3. The van der Waals surface area contributed by atoms with Crippen molar-refractivity contribution in [3.8, 4) is 11.5 Å². The molecule has 2 heterocycles. The smallest absolute Gasteiger partial charge is 0.262 e. The lowest BCUT2D eigenvalue weighted by Crippen LogP contribution is -2.25. The molecule has 38 heavy (non-hydrogen) atoms. The topological polar surface area (TPSA) is 92.6 Å². The number of nitrogens with one attached hydrogen (secondary N) is 1. The number of rotatable bonds is 7. The molecule has 1 N–H and O–H groups in total. The van der Waals surface area contributed by atoms with Crippen LogP contribution in [0.2, 0.25) is 5.02 Å². The van der Waals surface area contributed by atoms with Crippen LogP contribution in [0, 0.1) is 0 Å². The molecule has 0 radical (unpaired) electrons. The van der Waals surface area contributed by atoms with Crippen molar-refractivity contribution < 1.29 is 19.1 Å². The average Bonchev–Trinajstić information content (AvgIpc) is 3.53. The standard InChI is InChI=1S/C28H25ClN4O4S/c1-36-21-11-9-17(10-12-21)23-15-24(18-5-3-6-19(29)13-18)33(32-23)28-31-27(35)25(38-28)16-26(34)30-20-7-4-8-22(14-20)37-2/h3-14,24-25H,15-16H2,1-2H3,(H,30,34)/t24-,25-/m1/s1. The first-order valence-corrected chi connectivity index (χ1v) is 13.2. The highest BCUT2D eigenvalue weighted by Gasteiger charge is 2.39. The second-order valence-corrected chi connectivity index (χ2v) is 10.3. The minimum Gasteiger partial charge on any atom is -0.497 e. The summed E-state index contributed by atoms with van der Waals surface area (Å²) in [6.45, 7) is 0. The Morgan fingerprint density at radius 1 is 1.05 bits per heavy atom. The maximum Gasteiger partial charge on any atom is 0.262 e. The van der Waals surface area contributed by atoms with E-state index in [2.05, 4.69) is 10.3 Å². The van der Waals surface area contributed by atoms with Gasteiger partial charge in [-0.25, -0.2) is 5.01 Å². The molecule has 3 aromatic rings.